The van der Waals surface area contributed by atoms with Crippen LogP contribution in [0.5, 0.6) is 0 Å². The number of hydrogen-bond acceptors (Lipinski definition) is 16. The molecule has 10 atom stereocenters. The summed E-state index contributed by atoms with van der Waals surface area (Å²) >= 11 is 0. The minimum atomic E-state index is -5.02. The van der Waals surface area contributed by atoms with Crippen molar-refractivity contribution in [2.75, 3.05) is 18.9 Å². The molecule has 0 saturated carbocycles. The summed E-state index contributed by atoms with van der Waals surface area (Å²) < 4.78 is 61.0. The van der Waals surface area contributed by atoms with Gasteiger partial charge in [-0.15, -0.1) is 0 Å². The highest BCUT2D eigenvalue weighted by Crippen LogP contribution is 2.53. The van der Waals surface area contributed by atoms with Crippen molar-refractivity contribution in [1.29, 1.82) is 0 Å². The fourth-order valence-electron chi connectivity index (χ4n) is 5.32. The Labute approximate surface area is 244 Å². The maximum atomic E-state index is 13.1. The maximum Gasteiger partial charge on any atom is 0.472 e. The van der Waals surface area contributed by atoms with Crippen LogP contribution in [0.25, 0.3) is 22.3 Å². The number of nitrogens with two attached hydrogens (primary N) is 1. The third kappa shape index (κ3) is 5.06. The molecular formula is C21H24N8O13P2. The highest BCUT2D eigenvalue weighted by atomic mass is 31.2. The number of ether oxygens (including phenoxy) is 2. The molecule has 6 unspecified atom stereocenters. The quantitative estimate of drug-likeness (QED) is 0.136. The highest BCUT2D eigenvalue weighted by molar-refractivity contribution is 7.47. The van der Waals surface area contributed by atoms with E-state index in [1.54, 1.807) is 0 Å². The topological polar surface area (TPSA) is 291 Å². The molecule has 7 heterocycles. The van der Waals surface area contributed by atoms with Gasteiger partial charge in [0.2, 0.25) is 0 Å². The highest BCUT2D eigenvalue weighted by Gasteiger charge is 2.54. The summed E-state index contributed by atoms with van der Waals surface area (Å²) in [6.07, 6.45) is -7.33. The Balaban J connectivity index is 1.17. The van der Waals surface area contributed by atoms with Gasteiger partial charge in [-0.2, -0.15) is 0 Å². The second-order valence-electron chi connectivity index (χ2n) is 10.1. The van der Waals surface area contributed by atoms with Crippen molar-refractivity contribution in [1.82, 2.24) is 34.1 Å². The molecule has 0 amide bonds. The lowest BCUT2D eigenvalue weighted by Gasteiger charge is -2.27. The summed E-state index contributed by atoms with van der Waals surface area (Å²) in [4.78, 5) is 51.9. The van der Waals surface area contributed by atoms with Crippen LogP contribution in [0.1, 0.15) is 12.5 Å². The van der Waals surface area contributed by atoms with Gasteiger partial charge in [0.05, 0.1) is 37.9 Å². The minimum Gasteiger partial charge on any atom is -0.397 e. The second-order valence-corrected chi connectivity index (χ2v) is 12.9. The smallest absolute Gasteiger partial charge is 0.397 e. The Kier molecular flexibility index (Phi) is 7.20. The molecule has 4 aromatic heterocycles. The van der Waals surface area contributed by atoms with Crippen LogP contribution in [0.3, 0.4) is 0 Å². The van der Waals surface area contributed by atoms with Gasteiger partial charge in [-0.25, -0.2) is 29.1 Å². The zero-order valence-corrected chi connectivity index (χ0v) is 23.8. The lowest BCUT2D eigenvalue weighted by Crippen LogP contribution is -2.39. The van der Waals surface area contributed by atoms with Gasteiger partial charge in [-0.05, 0) is 6.07 Å². The van der Waals surface area contributed by atoms with E-state index in [9.17, 15) is 33.9 Å². The van der Waals surface area contributed by atoms with Crippen LogP contribution in [0.15, 0.2) is 36.0 Å². The third-order valence-electron chi connectivity index (χ3n) is 7.34. The predicted molar refractivity (Wildman–Crippen MR) is 141 cm³/mol. The number of rotatable bonds is 2. The minimum absolute atomic E-state index is 0.00713. The monoisotopic (exact) mass is 658 g/mol. The average molecular weight is 658 g/mol. The van der Waals surface area contributed by atoms with Gasteiger partial charge in [0, 0.05) is 6.20 Å². The zero-order chi connectivity index (χ0) is 31.0. The average Bonchev–Trinajstić information content (AvgIpc) is 3.73. The van der Waals surface area contributed by atoms with Gasteiger partial charge >= 0.3 is 15.6 Å². The maximum absolute atomic E-state index is 13.1. The molecule has 0 aliphatic carbocycles. The molecule has 0 bridgehead atoms. The number of phosphoric ester groups is 2. The number of anilines is 1. The van der Waals surface area contributed by atoms with Crippen LogP contribution >= 0.6 is 15.6 Å². The van der Waals surface area contributed by atoms with Gasteiger partial charge in [0.15, 0.2) is 29.3 Å². The second kappa shape index (κ2) is 10.7. The molecular weight excluding hydrogens is 634 g/mol. The number of hydrogen-bond donors (Lipinski definition) is 6. The van der Waals surface area contributed by atoms with Crippen molar-refractivity contribution in [3.05, 3.63) is 41.6 Å². The van der Waals surface area contributed by atoms with E-state index in [1.807, 2.05) is 0 Å². The molecule has 21 nitrogen and oxygen atoms in total. The molecule has 3 fully saturated rings. The molecule has 3 aliphatic heterocycles. The number of nitrogen functional groups attached to an aromatic ring is 1. The van der Waals surface area contributed by atoms with E-state index >= 15 is 0 Å². The number of aliphatic hydroxyl groups excluding tert-OH is 2. The predicted octanol–water partition coefficient (Wildman–Crippen LogP) is -1.32. The molecule has 3 aliphatic rings. The van der Waals surface area contributed by atoms with E-state index < -0.39 is 83.5 Å². The summed E-state index contributed by atoms with van der Waals surface area (Å²) in [7, 11) is -10.0. The van der Waals surface area contributed by atoms with Crippen molar-refractivity contribution in [3.8, 4) is 0 Å². The van der Waals surface area contributed by atoms with Gasteiger partial charge < -0.3 is 40.2 Å². The Morgan fingerprint density at radius 2 is 1.36 bits per heavy atom. The number of nitrogens with one attached hydrogen (secondary N) is 1. The fraction of sp³-hybridized carbons (Fsp3) is 0.476. The van der Waals surface area contributed by atoms with E-state index in [0.717, 1.165) is 12.7 Å². The summed E-state index contributed by atoms with van der Waals surface area (Å²) in [5.41, 5.74) is 6.09. The van der Waals surface area contributed by atoms with Crippen LogP contribution in [0.4, 0.5) is 5.69 Å². The van der Waals surface area contributed by atoms with Crippen LogP contribution < -0.4 is 11.3 Å². The molecule has 0 radical (unpaired) electrons. The third-order valence-corrected chi connectivity index (χ3v) is 9.31. The number of nitrogens with zero attached hydrogens (tertiary/aromatic N) is 6. The Morgan fingerprint density at radius 3 is 1.93 bits per heavy atom. The number of aromatic nitrogens is 7. The number of pyridine rings is 1. The summed E-state index contributed by atoms with van der Waals surface area (Å²) in [6.45, 7) is -1.59. The summed E-state index contributed by atoms with van der Waals surface area (Å²) in [6, 6.07) is 1.52. The van der Waals surface area contributed by atoms with E-state index in [-0.39, 0.29) is 16.8 Å². The number of aliphatic hydroxyl groups is 2. The summed E-state index contributed by atoms with van der Waals surface area (Å²) in [5.74, 6) is 0. The Bertz CT molecular complexity index is 1880. The first-order valence-electron chi connectivity index (χ1n) is 12.9. The molecule has 44 heavy (non-hydrogen) atoms. The zero-order valence-electron chi connectivity index (χ0n) is 22.0. The van der Waals surface area contributed by atoms with Crippen LogP contribution in [0, 0.1) is 0 Å². The lowest BCUT2D eigenvalue weighted by atomic mass is 10.1. The standard InChI is InChI=1S/C21H24N8O13P2/c22-8-1-2-23-17-11(8)26-6-28(17)20-13(30)15-9(39-20)3-37-44(35,36)42-16-10(4-38-43(33,34)41-15)40-21(14(16)31)29-7-27-12-18(29)24-5-25-19(12)32/h1-2,5-7,9-10,13-16,20-21,30-31H,3-4H2,(H2,22,23)(H,33,34)(H,35,36)(H,24,25,32)/t9?,10?,13-,14-,15-,16-,20?,21?/m1/s1. The van der Waals surface area contributed by atoms with Crippen molar-refractivity contribution < 1.29 is 56.7 Å². The Morgan fingerprint density at radius 1 is 0.841 bits per heavy atom. The number of H-pyrrole nitrogens is 1. The van der Waals surface area contributed by atoms with Crippen molar-refractivity contribution in [2.24, 2.45) is 0 Å². The van der Waals surface area contributed by atoms with Crippen LogP contribution in [-0.2, 0) is 36.7 Å². The molecule has 4 aromatic rings. The van der Waals surface area contributed by atoms with Gasteiger partial charge in [0.25, 0.3) is 5.56 Å². The van der Waals surface area contributed by atoms with E-state index in [1.165, 1.54) is 27.7 Å². The fourth-order valence-corrected chi connectivity index (χ4v) is 7.25. The first-order chi connectivity index (χ1) is 20.9. The molecule has 7 N–H and O–H groups in total. The van der Waals surface area contributed by atoms with Gasteiger partial charge in [-0.3, -0.25) is 32.0 Å². The lowest BCUT2D eigenvalue weighted by molar-refractivity contribution is -0.0664. The van der Waals surface area contributed by atoms with E-state index in [2.05, 4.69) is 24.9 Å². The van der Waals surface area contributed by atoms with Gasteiger partial charge in [-0.1, -0.05) is 0 Å². The first kappa shape index (κ1) is 29.5. The number of aromatic amines is 1. The number of phosphoric acid groups is 2. The molecule has 0 aromatic carbocycles. The Hall–Kier alpha value is -3.17. The van der Waals surface area contributed by atoms with Crippen molar-refractivity contribution in [2.45, 2.75) is 49.1 Å². The van der Waals surface area contributed by atoms with Gasteiger partial charge in [0.1, 0.15) is 42.1 Å². The van der Waals surface area contributed by atoms with Crippen LogP contribution in [0.2, 0.25) is 0 Å². The molecule has 0 spiro atoms. The molecule has 7 rings (SSSR count). The molecule has 3 saturated heterocycles. The summed E-state index contributed by atoms with van der Waals surface area (Å²) in [5, 5.41) is 22.2. The largest absolute Gasteiger partial charge is 0.472 e. The molecule has 236 valence electrons. The van der Waals surface area contributed by atoms with Crippen LogP contribution in [-0.4, -0.2) is 104 Å². The number of fused-ring (bicyclic) bond motifs is 4. The van der Waals surface area contributed by atoms with Crippen molar-refractivity contribution >= 4 is 43.7 Å². The normalized spacial score (nSPS) is 38.3. The van der Waals surface area contributed by atoms with E-state index in [0.29, 0.717) is 11.2 Å². The first-order valence-corrected chi connectivity index (χ1v) is 15.9. The van der Waals surface area contributed by atoms with Crippen molar-refractivity contribution in [3.63, 3.8) is 0 Å². The number of imidazole rings is 2. The molecule has 23 heteroatoms. The SMILES string of the molecule is Nc1ccnc2c1ncn2C1OC2COP(=O)(O)O[C@@H]3C(COP(=O)(O)O[C@H]2[C@H]1O)OC(n1cnc2c(=O)[nH]cnc21)[C@@H]3O. The van der Waals surface area contributed by atoms with E-state index in [4.69, 9.17) is 33.3 Å².